The smallest absolute Gasteiger partial charge is 0.308 e. The van der Waals surface area contributed by atoms with Crippen LogP contribution in [0.3, 0.4) is 0 Å². The highest BCUT2D eigenvalue weighted by molar-refractivity contribution is 5.80. The minimum atomic E-state index is -0.214. The van der Waals surface area contributed by atoms with Gasteiger partial charge in [-0.05, 0) is 25.3 Å². The molecular formula is C19H23NO5. The van der Waals surface area contributed by atoms with Gasteiger partial charge < -0.3 is 9.47 Å². The van der Waals surface area contributed by atoms with E-state index in [2.05, 4.69) is 0 Å². The van der Waals surface area contributed by atoms with Crippen molar-refractivity contribution in [2.75, 3.05) is 20.3 Å². The Bertz CT molecular complexity index is 676. The number of methoxy groups -OCH3 is 1. The Morgan fingerprint density at radius 2 is 1.96 bits per heavy atom. The van der Waals surface area contributed by atoms with Crippen molar-refractivity contribution >= 4 is 11.9 Å². The summed E-state index contributed by atoms with van der Waals surface area (Å²) in [5.41, 5.74) is 1.00. The number of benzene rings is 1. The number of hydrogen-bond acceptors (Lipinski definition) is 5. The summed E-state index contributed by atoms with van der Waals surface area (Å²) in [6.45, 7) is 1.04. The molecule has 2 fully saturated rings. The van der Waals surface area contributed by atoms with E-state index in [-0.39, 0.29) is 35.7 Å². The molecule has 0 N–H and O–H groups in total. The number of hydroxylamine groups is 2. The van der Waals surface area contributed by atoms with E-state index in [1.165, 1.54) is 7.11 Å². The van der Waals surface area contributed by atoms with Crippen molar-refractivity contribution in [3.8, 4) is 5.75 Å². The number of ether oxygens (including phenoxy) is 2. The summed E-state index contributed by atoms with van der Waals surface area (Å²) in [4.78, 5) is 30.8. The van der Waals surface area contributed by atoms with Crippen LogP contribution in [-0.4, -0.2) is 37.3 Å². The molecule has 1 aromatic rings. The fraction of sp³-hybridized carbons (Fsp3) is 0.579. The van der Waals surface area contributed by atoms with Gasteiger partial charge in [0.05, 0.1) is 32.3 Å². The van der Waals surface area contributed by atoms with Crippen LogP contribution in [0.25, 0.3) is 0 Å². The van der Waals surface area contributed by atoms with Crippen LogP contribution >= 0.6 is 0 Å². The third-order valence-corrected chi connectivity index (χ3v) is 5.59. The van der Waals surface area contributed by atoms with Crippen molar-refractivity contribution in [3.05, 3.63) is 29.8 Å². The molecular weight excluding hydrogens is 322 g/mol. The van der Waals surface area contributed by atoms with Crippen LogP contribution in [0.15, 0.2) is 24.3 Å². The molecule has 1 saturated carbocycles. The topological polar surface area (TPSA) is 65.1 Å². The Hall–Kier alpha value is -2.08. The normalized spacial score (nSPS) is 30.8. The number of amides is 1. The molecule has 134 valence electrons. The zero-order valence-corrected chi connectivity index (χ0v) is 14.3. The van der Waals surface area contributed by atoms with E-state index in [9.17, 15) is 9.59 Å². The van der Waals surface area contributed by atoms with Crippen molar-refractivity contribution < 1.29 is 23.9 Å². The van der Waals surface area contributed by atoms with E-state index in [4.69, 9.17) is 14.3 Å². The van der Waals surface area contributed by atoms with Gasteiger partial charge in [-0.3, -0.25) is 14.4 Å². The number of nitrogens with zero attached hydrogens (tertiary/aromatic N) is 1. The number of carbonyl (C=O) groups is 2. The van der Waals surface area contributed by atoms with Crippen LogP contribution in [0, 0.1) is 17.8 Å². The Morgan fingerprint density at radius 1 is 1.16 bits per heavy atom. The van der Waals surface area contributed by atoms with Gasteiger partial charge in [0.15, 0.2) is 0 Å². The summed E-state index contributed by atoms with van der Waals surface area (Å²) in [7, 11) is 1.40. The predicted molar refractivity (Wildman–Crippen MR) is 88.4 cm³/mol. The monoisotopic (exact) mass is 345 g/mol. The number of para-hydroxylation sites is 1. The zero-order chi connectivity index (χ0) is 17.4. The Kier molecular flexibility index (Phi) is 4.37. The van der Waals surface area contributed by atoms with Crippen molar-refractivity contribution in [3.63, 3.8) is 0 Å². The average Bonchev–Trinajstić information content (AvgIpc) is 3.11. The zero-order valence-electron chi connectivity index (χ0n) is 14.3. The SMILES string of the molecule is COC(=O)[C@@H]1CCC[C@H](C(=O)N2OC[C@@H]3COc4ccccc4[C@@H]32)C1. The van der Waals surface area contributed by atoms with Gasteiger partial charge in [0, 0.05) is 17.4 Å². The Morgan fingerprint density at radius 3 is 2.80 bits per heavy atom. The summed E-state index contributed by atoms with van der Waals surface area (Å²) in [5.74, 6) is 0.369. The molecule has 0 radical (unpaired) electrons. The molecule has 0 unspecified atom stereocenters. The van der Waals surface area contributed by atoms with Crippen molar-refractivity contribution in [2.24, 2.45) is 17.8 Å². The van der Waals surface area contributed by atoms with Crippen LogP contribution in [0.1, 0.15) is 37.3 Å². The number of hydrogen-bond donors (Lipinski definition) is 0. The van der Waals surface area contributed by atoms with Gasteiger partial charge in [-0.15, -0.1) is 0 Å². The highest BCUT2D eigenvalue weighted by Crippen LogP contribution is 2.44. The van der Waals surface area contributed by atoms with Crippen LogP contribution in [0.4, 0.5) is 0 Å². The molecule has 1 saturated heterocycles. The van der Waals surface area contributed by atoms with Crippen molar-refractivity contribution in [1.82, 2.24) is 5.06 Å². The van der Waals surface area contributed by atoms with E-state index in [1.807, 2.05) is 24.3 Å². The van der Waals surface area contributed by atoms with E-state index >= 15 is 0 Å². The highest BCUT2D eigenvalue weighted by Gasteiger charge is 2.46. The summed E-state index contributed by atoms with van der Waals surface area (Å²) in [6, 6.07) is 7.72. The second kappa shape index (κ2) is 6.67. The molecule has 4 atom stereocenters. The van der Waals surface area contributed by atoms with Gasteiger partial charge in [-0.1, -0.05) is 24.6 Å². The first-order valence-corrected chi connectivity index (χ1v) is 8.94. The lowest BCUT2D eigenvalue weighted by Gasteiger charge is -2.34. The molecule has 1 amide bonds. The lowest BCUT2D eigenvalue weighted by molar-refractivity contribution is -0.184. The third kappa shape index (κ3) is 2.88. The number of esters is 1. The molecule has 4 rings (SSSR count). The first-order chi connectivity index (χ1) is 12.2. The van der Waals surface area contributed by atoms with E-state index in [0.29, 0.717) is 19.6 Å². The van der Waals surface area contributed by atoms with Crippen LogP contribution < -0.4 is 4.74 Å². The average molecular weight is 345 g/mol. The highest BCUT2D eigenvalue weighted by atomic mass is 16.7. The molecule has 6 heteroatoms. The quantitative estimate of drug-likeness (QED) is 0.771. The molecule has 2 aliphatic heterocycles. The number of fused-ring (bicyclic) bond motifs is 3. The first kappa shape index (κ1) is 16.4. The fourth-order valence-electron chi connectivity index (χ4n) is 4.29. The minimum absolute atomic E-state index is 0.0159. The molecule has 6 nitrogen and oxygen atoms in total. The molecule has 0 bridgehead atoms. The minimum Gasteiger partial charge on any atom is -0.493 e. The Balaban J connectivity index is 1.54. The third-order valence-electron chi connectivity index (χ3n) is 5.59. The molecule has 2 heterocycles. The number of rotatable bonds is 2. The Labute approximate surface area is 147 Å². The van der Waals surface area contributed by atoms with Crippen LogP contribution in [-0.2, 0) is 19.2 Å². The van der Waals surface area contributed by atoms with E-state index in [1.54, 1.807) is 5.06 Å². The molecule has 0 spiro atoms. The lowest BCUT2D eigenvalue weighted by Crippen LogP contribution is -2.40. The maximum Gasteiger partial charge on any atom is 0.308 e. The summed E-state index contributed by atoms with van der Waals surface area (Å²) in [6.07, 6.45) is 2.99. The lowest BCUT2D eigenvalue weighted by atomic mass is 9.80. The van der Waals surface area contributed by atoms with Gasteiger partial charge in [0.2, 0.25) is 5.91 Å². The molecule has 0 aromatic heterocycles. The van der Waals surface area contributed by atoms with E-state index < -0.39 is 0 Å². The van der Waals surface area contributed by atoms with Crippen molar-refractivity contribution in [1.29, 1.82) is 0 Å². The molecule has 1 aliphatic carbocycles. The van der Waals surface area contributed by atoms with Gasteiger partial charge >= 0.3 is 5.97 Å². The van der Waals surface area contributed by atoms with Crippen LogP contribution in [0.5, 0.6) is 5.75 Å². The van der Waals surface area contributed by atoms with Crippen LogP contribution in [0.2, 0.25) is 0 Å². The van der Waals surface area contributed by atoms with Gasteiger partial charge in [-0.25, -0.2) is 5.06 Å². The summed E-state index contributed by atoms with van der Waals surface area (Å²) in [5, 5.41) is 1.55. The standard InChI is InChI=1S/C19H23NO5/c1-23-19(22)13-6-4-5-12(9-13)18(21)20-17-14(11-25-20)10-24-16-8-3-2-7-15(16)17/h2-3,7-8,12-14,17H,4-6,9-11H2,1H3/t12-,13+,14-,17+/m0/s1. The second-order valence-electron chi connectivity index (χ2n) is 7.10. The summed E-state index contributed by atoms with van der Waals surface area (Å²) < 4.78 is 10.7. The molecule has 1 aromatic carbocycles. The predicted octanol–water partition coefficient (Wildman–Crippen LogP) is 2.49. The number of carbonyl (C=O) groups excluding carboxylic acids is 2. The fourth-order valence-corrected chi connectivity index (χ4v) is 4.29. The second-order valence-corrected chi connectivity index (χ2v) is 7.10. The molecule has 25 heavy (non-hydrogen) atoms. The van der Waals surface area contributed by atoms with Gasteiger partial charge in [0.1, 0.15) is 5.75 Å². The maximum atomic E-state index is 13.1. The largest absolute Gasteiger partial charge is 0.493 e. The molecule has 3 aliphatic rings. The van der Waals surface area contributed by atoms with Gasteiger partial charge in [-0.2, -0.15) is 0 Å². The first-order valence-electron chi connectivity index (χ1n) is 8.94. The van der Waals surface area contributed by atoms with E-state index in [0.717, 1.165) is 30.6 Å². The maximum absolute atomic E-state index is 13.1. The van der Waals surface area contributed by atoms with Gasteiger partial charge in [0.25, 0.3) is 0 Å². The summed E-state index contributed by atoms with van der Waals surface area (Å²) >= 11 is 0. The van der Waals surface area contributed by atoms with Crippen molar-refractivity contribution in [2.45, 2.75) is 31.7 Å².